The van der Waals surface area contributed by atoms with Crippen LogP contribution in [0, 0.1) is 5.92 Å². The number of hydrogen-bond donors (Lipinski definition) is 1. The van der Waals surface area contributed by atoms with E-state index in [4.69, 9.17) is 15.2 Å². The second kappa shape index (κ2) is 6.54. The molecule has 0 unspecified atom stereocenters. The van der Waals surface area contributed by atoms with Crippen LogP contribution in [0.3, 0.4) is 0 Å². The molecule has 2 aromatic rings. The summed E-state index contributed by atoms with van der Waals surface area (Å²) in [6.07, 6.45) is 2.07. The minimum Gasteiger partial charge on any atom is -0.477 e. The number of aromatic nitrogens is 2. The van der Waals surface area contributed by atoms with E-state index < -0.39 is 0 Å². The Morgan fingerprint density at radius 2 is 1.90 bits per heavy atom. The highest BCUT2D eigenvalue weighted by molar-refractivity contribution is 5.57. The van der Waals surface area contributed by atoms with Crippen molar-refractivity contribution in [2.45, 2.75) is 12.8 Å². The molecule has 1 aliphatic heterocycles. The second-order valence-electron chi connectivity index (χ2n) is 5.19. The lowest BCUT2D eigenvalue weighted by Crippen LogP contribution is -2.21. The summed E-state index contributed by atoms with van der Waals surface area (Å²) in [7, 11) is 0. The largest absolute Gasteiger partial charge is 0.477 e. The standard InChI is InChI=1S/C16H19N3O2/c17-14-10-15(21-11-12-6-8-20-9-7-12)19-16(18-14)13-4-2-1-3-5-13/h1-5,10,12H,6-9,11H2,(H2,17,18,19). The van der Waals surface area contributed by atoms with E-state index in [2.05, 4.69) is 9.97 Å². The zero-order valence-electron chi connectivity index (χ0n) is 11.9. The maximum atomic E-state index is 5.85. The first kappa shape index (κ1) is 13.8. The fourth-order valence-electron chi connectivity index (χ4n) is 2.35. The maximum absolute atomic E-state index is 5.85. The summed E-state index contributed by atoms with van der Waals surface area (Å²) in [5.74, 6) is 2.08. The van der Waals surface area contributed by atoms with Gasteiger partial charge < -0.3 is 15.2 Å². The Morgan fingerprint density at radius 1 is 1.14 bits per heavy atom. The molecule has 110 valence electrons. The molecule has 1 aliphatic rings. The van der Waals surface area contributed by atoms with Crippen LogP contribution in [-0.2, 0) is 4.74 Å². The van der Waals surface area contributed by atoms with Crippen molar-refractivity contribution in [2.24, 2.45) is 5.92 Å². The van der Waals surface area contributed by atoms with Crippen LogP contribution in [0.5, 0.6) is 5.88 Å². The molecule has 5 nitrogen and oxygen atoms in total. The van der Waals surface area contributed by atoms with Gasteiger partial charge in [-0.25, -0.2) is 4.98 Å². The minimum atomic E-state index is 0.422. The van der Waals surface area contributed by atoms with Gasteiger partial charge in [-0.2, -0.15) is 4.98 Å². The first-order valence-corrected chi connectivity index (χ1v) is 7.22. The zero-order valence-corrected chi connectivity index (χ0v) is 11.9. The van der Waals surface area contributed by atoms with Crippen molar-refractivity contribution in [2.75, 3.05) is 25.6 Å². The van der Waals surface area contributed by atoms with E-state index in [1.54, 1.807) is 6.07 Å². The predicted molar refractivity (Wildman–Crippen MR) is 80.9 cm³/mol. The lowest BCUT2D eigenvalue weighted by Gasteiger charge is -2.21. The maximum Gasteiger partial charge on any atom is 0.219 e. The molecule has 2 heterocycles. The predicted octanol–water partition coefficient (Wildman–Crippen LogP) is 2.53. The number of nitrogens with two attached hydrogens (primary N) is 1. The van der Waals surface area contributed by atoms with Crippen molar-refractivity contribution < 1.29 is 9.47 Å². The van der Waals surface area contributed by atoms with Gasteiger partial charge in [0.2, 0.25) is 5.88 Å². The summed E-state index contributed by atoms with van der Waals surface area (Å²) in [4.78, 5) is 8.71. The van der Waals surface area contributed by atoms with Crippen molar-refractivity contribution in [3.05, 3.63) is 36.4 Å². The molecule has 0 spiro atoms. The Morgan fingerprint density at radius 3 is 2.67 bits per heavy atom. The Balaban J connectivity index is 1.72. The van der Waals surface area contributed by atoms with Crippen LogP contribution in [0.1, 0.15) is 12.8 Å². The molecule has 1 aromatic carbocycles. The quantitative estimate of drug-likeness (QED) is 0.934. The molecule has 5 heteroatoms. The SMILES string of the molecule is Nc1cc(OCC2CCOCC2)nc(-c2ccccc2)n1. The molecule has 0 amide bonds. The van der Waals surface area contributed by atoms with E-state index >= 15 is 0 Å². The number of ether oxygens (including phenoxy) is 2. The van der Waals surface area contributed by atoms with Gasteiger partial charge in [-0.05, 0) is 18.8 Å². The number of benzene rings is 1. The number of rotatable bonds is 4. The second-order valence-corrected chi connectivity index (χ2v) is 5.19. The Hall–Kier alpha value is -2.14. The van der Waals surface area contributed by atoms with Gasteiger partial charge in [-0.3, -0.25) is 0 Å². The number of anilines is 1. The van der Waals surface area contributed by atoms with E-state index in [1.807, 2.05) is 30.3 Å². The molecule has 1 aromatic heterocycles. The molecule has 1 fully saturated rings. The van der Waals surface area contributed by atoms with Crippen molar-refractivity contribution in [1.29, 1.82) is 0 Å². The van der Waals surface area contributed by atoms with E-state index in [9.17, 15) is 0 Å². The molecule has 0 atom stereocenters. The molecular weight excluding hydrogens is 266 g/mol. The van der Waals surface area contributed by atoms with E-state index in [1.165, 1.54) is 0 Å². The normalized spacial score (nSPS) is 15.8. The van der Waals surface area contributed by atoms with Gasteiger partial charge >= 0.3 is 0 Å². The van der Waals surface area contributed by atoms with E-state index in [0.717, 1.165) is 31.6 Å². The Kier molecular flexibility index (Phi) is 4.31. The first-order chi connectivity index (χ1) is 10.3. The minimum absolute atomic E-state index is 0.422. The summed E-state index contributed by atoms with van der Waals surface area (Å²) in [6, 6.07) is 11.4. The molecule has 1 saturated heterocycles. The van der Waals surface area contributed by atoms with Gasteiger partial charge in [-0.15, -0.1) is 0 Å². The lowest BCUT2D eigenvalue weighted by atomic mass is 10.0. The van der Waals surface area contributed by atoms with Crippen LogP contribution in [0.15, 0.2) is 36.4 Å². The highest BCUT2D eigenvalue weighted by Gasteiger charge is 2.15. The number of nitrogens with zero attached hydrogens (tertiary/aromatic N) is 2. The van der Waals surface area contributed by atoms with Gasteiger partial charge in [0.1, 0.15) is 5.82 Å². The average molecular weight is 285 g/mol. The van der Waals surface area contributed by atoms with E-state index in [0.29, 0.717) is 30.0 Å². The van der Waals surface area contributed by atoms with Gasteiger partial charge in [0.05, 0.1) is 6.61 Å². The van der Waals surface area contributed by atoms with E-state index in [-0.39, 0.29) is 0 Å². The lowest BCUT2D eigenvalue weighted by molar-refractivity contribution is 0.0490. The molecule has 21 heavy (non-hydrogen) atoms. The van der Waals surface area contributed by atoms with Crippen LogP contribution in [0.2, 0.25) is 0 Å². The number of hydrogen-bond acceptors (Lipinski definition) is 5. The molecular formula is C16H19N3O2. The third-order valence-electron chi connectivity index (χ3n) is 3.56. The highest BCUT2D eigenvalue weighted by atomic mass is 16.5. The van der Waals surface area contributed by atoms with Crippen LogP contribution >= 0.6 is 0 Å². The zero-order chi connectivity index (χ0) is 14.5. The summed E-state index contributed by atoms with van der Waals surface area (Å²) < 4.78 is 11.1. The third kappa shape index (κ3) is 3.70. The van der Waals surface area contributed by atoms with Gasteiger partial charge in [-0.1, -0.05) is 30.3 Å². The fraction of sp³-hybridized carbons (Fsp3) is 0.375. The summed E-state index contributed by atoms with van der Waals surface area (Å²) in [5.41, 5.74) is 6.79. The van der Waals surface area contributed by atoms with Crippen LogP contribution in [0.25, 0.3) is 11.4 Å². The molecule has 2 N–H and O–H groups in total. The van der Waals surface area contributed by atoms with Crippen molar-refractivity contribution >= 4 is 5.82 Å². The molecule has 0 bridgehead atoms. The van der Waals surface area contributed by atoms with Crippen LogP contribution < -0.4 is 10.5 Å². The van der Waals surface area contributed by atoms with Gasteiger partial charge in [0, 0.05) is 24.8 Å². The summed E-state index contributed by atoms with van der Waals surface area (Å²) >= 11 is 0. The van der Waals surface area contributed by atoms with Crippen LogP contribution in [-0.4, -0.2) is 29.8 Å². The Labute approximate surface area is 124 Å². The topological polar surface area (TPSA) is 70.3 Å². The fourth-order valence-corrected chi connectivity index (χ4v) is 2.35. The Bertz CT molecular complexity index is 583. The average Bonchev–Trinajstić information content (AvgIpc) is 2.54. The molecule has 0 saturated carbocycles. The molecule has 3 rings (SSSR count). The smallest absolute Gasteiger partial charge is 0.219 e. The molecule has 0 radical (unpaired) electrons. The number of nitrogen functional groups attached to an aromatic ring is 1. The van der Waals surface area contributed by atoms with Gasteiger partial charge in [0.25, 0.3) is 0 Å². The van der Waals surface area contributed by atoms with Crippen molar-refractivity contribution in [3.63, 3.8) is 0 Å². The molecule has 0 aliphatic carbocycles. The van der Waals surface area contributed by atoms with Crippen molar-refractivity contribution in [3.8, 4) is 17.3 Å². The summed E-state index contributed by atoms with van der Waals surface area (Å²) in [6.45, 7) is 2.28. The summed E-state index contributed by atoms with van der Waals surface area (Å²) in [5, 5.41) is 0. The van der Waals surface area contributed by atoms with Crippen molar-refractivity contribution in [1.82, 2.24) is 9.97 Å². The monoisotopic (exact) mass is 285 g/mol. The van der Waals surface area contributed by atoms with Gasteiger partial charge in [0.15, 0.2) is 5.82 Å². The highest BCUT2D eigenvalue weighted by Crippen LogP contribution is 2.21. The van der Waals surface area contributed by atoms with Crippen LogP contribution in [0.4, 0.5) is 5.82 Å². The first-order valence-electron chi connectivity index (χ1n) is 7.22. The third-order valence-corrected chi connectivity index (χ3v) is 3.56.